The summed E-state index contributed by atoms with van der Waals surface area (Å²) in [5, 5.41) is 10.9. The van der Waals surface area contributed by atoms with Crippen LogP contribution in [0.2, 0.25) is 0 Å². The molecule has 2 aromatic heterocycles. The Bertz CT molecular complexity index is 1370. The second-order valence-corrected chi connectivity index (χ2v) is 7.96. The monoisotopic (exact) mass is 484 g/mol. The zero-order valence-corrected chi connectivity index (χ0v) is 18.9. The number of rotatable bonds is 5. The van der Waals surface area contributed by atoms with Gasteiger partial charge in [-0.25, -0.2) is 9.97 Å². The standard InChI is InChI=1S/C23H19F3N6OS/c1-13-6-7-17(29-22(33)15-4-3-5-16(9-15)23(24,25)26)10-18(13)30-20-8-14(2)31-32(20)19-11-21(34)28-12-27-19/h3-12,30H,1-2H3,(H,29,33)(H,27,28,34). The van der Waals surface area contributed by atoms with Crippen LogP contribution >= 0.6 is 12.6 Å². The first-order chi connectivity index (χ1) is 16.1. The van der Waals surface area contributed by atoms with E-state index in [-0.39, 0.29) is 5.56 Å². The Morgan fingerprint density at radius 2 is 1.82 bits per heavy atom. The molecule has 34 heavy (non-hydrogen) atoms. The van der Waals surface area contributed by atoms with E-state index >= 15 is 0 Å². The highest BCUT2D eigenvalue weighted by Crippen LogP contribution is 2.30. The number of carbonyl (C=O) groups excluding carboxylic acids is 1. The van der Waals surface area contributed by atoms with Gasteiger partial charge >= 0.3 is 6.18 Å². The summed E-state index contributed by atoms with van der Waals surface area (Å²) in [6, 6.07) is 12.9. The molecular formula is C23H19F3N6OS. The van der Waals surface area contributed by atoms with Gasteiger partial charge < -0.3 is 10.6 Å². The fraction of sp³-hybridized carbons (Fsp3) is 0.130. The molecule has 0 aliphatic carbocycles. The molecule has 0 aliphatic rings. The first kappa shape index (κ1) is 23.3. The third-order valence-corrected chi connectivity index (χ3v) is 5.14. The predicted octanol–water partition coefficient (Wildman–Crippen LogP) is 5.58. The van der Waals surface area contributed by atoms with Crippen LogP contribution in [0.15, 0.2) is 66.0 Å². The highest BCUT2D eigenvalue weighted by molar-refractivity contribution is 7.80. The Kier molecular flexibility index (Phi) is 6.29. The average molecular weight is 485 g/mol. The number of alkyl halides is 3. The molecule has 0 aliphatic heterocycles. The normalized spacial score (nSPS) is 11.4. The molecule has 0 spiro atoms. The van der Waals surface area contributed by atoms with Crippen molar-refractivity contribution in [3.8, 4) is 5.82 Å². The van der Waals surface area contributed by atoms with E-state index in [2.05, 4.69) is 38.3 Å². The Morgan fingerprint density at radius 3 is 2.56 bits per heavy atom. The van der Waals surface area contributed by atoms with Crippen LogP contribution in [0.3, 0.4) is 0 Å². The van der Waals surface area contributed by atoms with Crippen molar-refractivity contribution in [1.82, 2.24) is 19.7 Å². The van der Waals surface area contributed by atoms with Crippen LogP contribution in [-0.4, -0.2) is 25.7 Å². The number of nitrogens with zero attached hydrogens (tertiary/aromatic N) is 4. The van der Waals surface area contributed by atoms with E-state index in [0.717, 1.165) is 23.4 Å². The topological polar surface area (TPSA) is 84.7 Å². The average Bonchev–Trinajstić information content (AvgIpc) is 3.15. The third kappa shape index (κ3) is 5.20. The molecule has 11 heteroatoms. The zero-order valence-electron chi connectivity index (χ0n) is 18.1. The number of benzene rings is 2. The fourth-order valence-corrected chi connectivity index (χ4v) is 3.40. The molecular weight excluding hydrogens is 465 g/mol. The van der Waals surface area contributed by atoms with Crippen molar-refractivity contribution < 1.29 is 18.0 Å². The van der Waals surface area contributed by atoms with Crippen molar-refractivity contribution in [3.05, 3.63) is 83.3 Å². The van der Waals surface area contributed by atoms with E-state index in [4.69, 9.17) is 0 Å². The van der Waals surface area contributed by atoms with Crippen LogP contribution in [-0.2, 0) is 6.18 Å². The van der Waals surface area contributed by atoms with Gasteiger partial charge in [0.1, 0.15) is 12.1 Å². The first-order valence-corrected chi connectivity index (χ1v) is 10.5. The van der Waals surface area contributed by atoms with Gasteiger partial charge in [0.15, 0.2) is 5.82 Å². The lowest BCUT2D eigenvalue weighted by molar-refractivity contribution is -0.137. The molecule has 7 nitrogen and oxygen atoms in total. The molecule has 4 aromatic rings. The number of amides is 1. The number of halogens is 3. The lowest BCUT2D eigenvalue weighted by atomic mass is 10.1. The van der Waals surface area contributed by atoms with Gasteiger partial charge in [-0.05, 0) is 49.7 Å². The molecule has 4 rings (SSSR count). The molecule has 2 heterocycles. The third-order valence-electron chi connectivity index (χ3n) is 4.90. The summed E-state index contributed by atoms with van der Waals surface area (Å²) in [6.07, 6.45) is -3.15. The minimum absolute atomic E-state index is 0.0927. The maximum absolute atomic E-state index is 13.0. The number of thiol groups is 1. The van der Waals surface area contributed by atoms with Gasteiger partial charge in [-0.3, -0.25) is 4.79 Å². The number of anilines is 3. The molecule has 1 amide bonds. The summed E-state index contributed by atoms with van der Waals surface area (Å²) >= 11 is 4.24. The number of hydrogen-bond acceptors (Lipinski definition) is 6. The van der Waals surface area contributed by atoms with Crippen LogP contribution in [0, 0.1) is 13.8 Å². The SMILES string of the molecule is Cc1cc(Nc2cc(NC(=O)c3cccc(C(F)(F)F)c3)ccc2C)n(-c2cc(S)ncn2)n1. The minimum Gasteiger partial charge on any atom is -0.340 e. The summed E-state index contributed by atoms with van der Waals surface area (Å²) in [7, 11) is 0. The van der Waals surface area contributed by atoms with E-state index < -0.39 is 17.6 Å². The quantitative estimate of drug-likeness (QED) is 0.254. The zero-order chi connectivity index (χ0) is 24.5. The Morgan fingerprint density at radius 1 is 1.03 bits per heavy atom. The molecule has 2 aromatic carbocycles. The Hall–Kier alpha value is -3.86. The second kappa shape index (κ2) is 9.18. The molecule has 0 radical (unpaired) electrons. The molecule has 0 fully saturated rings. The number of aryl methyl sites for hydroxylation is 2. The lowest BCUT2D eigenvalue weighted by Gasteiger charge is -2.14. The van der Waals surface area contributed by atoms with Gasteiger partial charge in [0.25, 0.3) is 5.91 Å². The van der Waals surface area contributed by atoms with Gasteiger partial charge in [0, 0.05) is 29.1 Å². The van der Waals surface area contributed by atoms with Crippen molar-refractivity contribution >= 4 is 35.7 Å². The molecule has 174 valence electrons. The van der Waals surface area contributed by atoms with Crippen molar-refractivity contribution in [2.24, 2.45) is 0 Å². The molecule has 2 N–H and O–H groups in total. The van der Waals surface area contributed by atoms with E-state index in [0.29, 0.717) is 28.0 Å². The van der Waals surface area contributed by atoms with Gasteiger partial charge in [-0.15, -0.1) is 12.6 Å². The highest BCUT2D eigenvalue weighted by atomic mass is 32.1. The molecule has 0 bridgehead atoms. The van der Waals surface area contributed by atoms with Gasteiger partial charge in [-0.2, -0.15) is 23.0 Å². The number of carbonyl (C=O) groups is 1. The molecule has 0 atom stereocenters. The molecule has 0 saturated carbocycles. The van der Waals surface area contributed by atoms with Crippen LogP contribution in [0.5, 0.6) is 0 Å². The largest absolute Gasteiger partial charge is 0.416 e. The summed E-state index contributed by atoms with van der Waals surface area (Å²) in [6.45, 7) is 3.72. The number of aromatic nitrogens is 4. The van der Waals surface area contributed by atoms with E-state index in [1.165, 1.54) is 18.5 Å². The summed E-state index contributed by atoms with van der Waals surface area (Å²) in [5.41, 5.74) is 1.73. The first-order valence-electron chi connectivity index (χ1n) is 10.0. The highest BCUT2D eigenvalue weighted by Gasteiger charge is 2.30. The Balaban J connectivity index is 1.59. The number of hydrogen-bond donors (Lipinski definition) is 3. The fourth-order valence-electron chi connectivity index (χ4n) is 3.23. The second-order valence-electron chi connectivity index (χ2n) is 7.50. The van der Waals surface area contributed by atoms with Crippen molar-refractivity contribution in [2.75, 3.05) is 10.6 Å². The molecule has 0 unspecified atom stereocenters. The predicted molar refractivity (Wildman–Crippen MR) is 125 cm³/mol. The van der Waals surface area contributed by atoms with E-state index in [9.17, 15) is 18.0 Å². The van der Waals surface area contributed by atoms with E-state index in [1.807, 2.05) is 19.9 Å². The molecule has 0 saturated heterocycles. The van der Waals surface area contributed by atoms with Crippen molar-refractivity contribution in [3.63, 3.8) is 0 Å². The summed E-state index contributed by atoms with van der Waals surface area (Å²) in [5.74, 6) is 0.486. The van der Waals surface area contributed by atoms with Gasteiger partial charge in [0.05, 0.1) is 16.3 Å². The van der Waals surface area contributed by atoms with Crippen LogP contribution < -0.4 is 10.6 Å². The smallest absolute Gasteiger partial charge is 0.340 e. The van der Waals surface area contributed by atoms with Gasteiger partial charge in [-0.1, -0.05) is 12.1 Å². The van der Waals surface area contributed by atoms with Gasteiger partial charge in [0.2, 0.25) is 0 Å². The van der Waals surface area contributed by atoms with Crippen LogP contribution in [0.25, 0.3) is 5.82 Å². The maximum atomic E-state index is 13.0. The minimum atomic E-state index is -4.53. The Labute approximate surface area is 198 Å². The van der Waals surface area contributed by atoms with Crippen molar-refractivity contribution in [1.29, 1.82) is 0 Å². The lowest BCUT2D eigenvalue weighted by Crippen LogP contribution is -2.14. The maximum Gasteiger partial charge on any atom is 0.416 e. The van der Waals surface area contributed by atoms with Crippen LogP contribution in [0.4, 0.5) is 30.4 Å². The summed E-state index contributed by atoms with van der Waals surface area (Å²) < 4.78 is 40.5. The van der Waals surface area contributed by atoms with Crippen molar-refractivity contribution in [2.45, 2.75) is 25.0 Å². The number of nitrogens with one attached hydrogen (secondary N) is 2. The van der Waals surface area contributed by atoms with Crippen LogP contribution in [0.1, 0.15) is 27.2 Å². The summed E-state index contributed by atoms with van der Waals surface area (Å²) in [4.78, 5) is 20.8. The van der Waals surface area contributed by atoms with E-state index in [1.54, 1.807) is 28.9 Å².